The maximum atomic E-state index is 10.5. The molecule has 2 rings (SSSR count). The van der Waals surface area contributed by atoms with Crippen molar-refractivity contribution in [3.05, 3.63) is 58.7 Å². The summed E-state index contributed by atoms with van der Waals surface area (Å²) in [6.45, 7) is 0. The van der Waals surface area contributed by atoms with E-state index in [0.29, 0.717) is 0 Å². The predicted molar refractivity (Wildman–Crippen MR) is 89.5 cm³/mol. The van der Waals surface area contributed by atoms with Crippen molar-refractivity contribution in [2.45, 2.75) is 0 Å². The first-order chi connectivity index (χ1) is 12.0. The van der Waals surface area contributed by atoms with Crippen LogP contribution in [0, 0.1) is 0 Å². The minimum absolute atomic E-state index is 0. The van der Waals surface area contributed by atoms with Gasteiger partial charge in [-0.05, 0) is 36.4 Å². The number of carbonyl (C=O) groups is 4. The van der Waals surface area contributed by atoms with E-state index >= 15 is 0 Å². The van der Waals surface area contributed by atoms with Gasteiger partial charge in [-0.25, -0.2) is 19.2 Å². The van der Waals surface area contributed by atoms with Crippen LogP contribution in [-0.4, -0.2) is 44.3 Å². The molecule has 0 fully saturated rings. The van der Waals surface area contributed by atoms with E-state index in [1.165, 1.54) is 24.3 Å². The first-order valence-corrected chi connectivity index (χ1v) is 6.75. The second-order valence-electron chi connectivity index (χ2n) is 4.91. The summed E-state index contributed by atoms with van der Waals surface area (Å²) >= 11 is 0. The molecule has 0 spiro atoms. The standard InChI is InChI=1S/2C8H7NO4.Ti/c2*9-6-2-4(7(10)11)1-5(3-6)8(12)13;/h2*1-3H,9H2,(H,10,11)(H,12,13);. The summed E-state index contributed by atoms with van der Waals surface area (Å²) in [5, 5.41) is 34.3. The maximum absolute atomic E-state index is 10.5. The number of carboxylic acids is 4. The molecular weight excluding hydrogens is 396 g/mol. The van der Waals surface area contributed by atoms with Crippen molar-refractivity contribution < 1.29 is 61.3 Å². The molecule has 2 aromatic rings. The Bertz CT molecular complexity index is 760. The number of benzene rings is 2. The Morgan fingerprint density at radius 2 is 0.704 bits per heavy atom. The number of rotatable bonds is 4. The summed E-state index contributed by atoms with van der Waals surface area (Å²) < 4.78 is 0. The van der Waals surface area contributed by atoms with Gasteiger partial charge in [-0.3, -0.25) is 0 Å². The number of nitrogen functional groups attached to an aromatic ring is 2. The van der Waals surface area contributed by atoms with E-state index < -0.39 is 23.9 Å². The van der Waals surface area contributed by atoms with Crippen molar-refractivity contribution in [2.24, 2.45) is 0 Å². The van der Waals surface area contributed by atoms with Crippen LogP contribution >= 0.6 is 0 Å². The summed E-state index contributed by atoms with van der Waals surface area (Å²) in [6, 6.07) is 6.93. The van der Waals surface area contributed by atoms with Gasteiger partial charge in [-0.1, -0.05) is 0 Å². The molecule has 0 unspecified atom stereocenters. The zero-order valence-corrected chi connectivity index (χ0v) is 15.1. The van der Waals surface area contributed by atoms with Crippen molar-refractivity contribution in [3.8, 4) is 0 Å². The SMILES string of the molecule is Nc1cc(C(=O)O)cc(C(=O)O)c1.Nc1cc(C(=O)O)cc(C(=O)O)c1.[Ti]. The van der Waals surface area contributed by atoms with E-state index in [9.17, 15) is 19.2 Å². The third kappa shape index (κ3) is 7.18. The van der Waals surface area contributed by atoms with Crippen LogP contribution in [0.2, 0.25) is 0 Å². The summed E-state index contributed by atoms with van der Waals surface area (Å²) in [4.78, 5) is 41.9. The summed E-state index contributed by atoms with van der Waals surface area (Å²) in [5.74, 6) is -4.80. The minimum Gasteiger partial charge on any atom is -0.478 e. The Kier molecular flexibility index (Phi) is 8.71. The van der Waals surface area contributed by atoms with Crippen LogP contribution in [0.5, 0.6) is 0 Å². The van der Waals surface area contributed by atoms with Crippen molar-refractivity contribution in [1.29, 1.82) is 0 Å². The Morgan fingerprint density at radius 3 is 0.852 bits per heavy atom. The monoisotopic (exact) mass is 410 g/mol. The third-order valence-electron chi connectivity index (χ3n) is 2.90. The van der Waals surface area contributed by atoms with Crippen LogP contribution in [0.3, 0.4) is 0 Å². The molecule has 0 aliphatic rings. The van der Waals surface area contributed by atoms with Crippen LogP contribution in [0.25, 0.3) is 0 Å². The molecule has 10 nitrogen and oxygen atoms in total. The zero-order chi connectivity index (χ0) is 20.0. The van der Waals surface area contributed by atoms with Gasteiger partial charge in [0.25, 0.3) is 0 Å². The molecule has 0 aromatic heterocycles. The number of hydrogen-bond acceptors (Lipinski definition) is 6. The average Bonchev–Trinajstić information content (AvgIpc) is 2.54. The molecule has 0 amide bonds. The number of hydrogen-bond donors (Lipinski definition) is 6. The van der Waals surface area contributed by atoms with E-state index in [4.69, 9.17) is 31.9 Å². The smallest absolute Gasteiger partial charge is 0.335 e. The number of carboxylic acid groups (broad SMARTS) is 4. The van der Waals surface area contributed by atoms with Crippen LogP contribution in [0.4, 0.5) is 11.4 Å². The fraction of sp³-hybridized carbons (Fsp3) is 0. The van der Waals surface area contributed by atoms with Gasteiger partial charge in [-0.2, -0.15) is 0 Å². The molecule has 0 aliphatic carbocycles. The van der Waals surface area contributed by atoms with Crippen LogP contribution in [0.15, 0.2) is 36.4 Å². The van der Waals surface area contributed by atoms with E-state index in [1.54, 1.807) is 0 Å². The third-order valence-corrected chi connectivity index (χ3v) is 2.90. The molecule has 0 saturated heterocycles. The van der Waals surface area contributed by atoms with Gasteiger partial charge in [0.2, 0.25) is 0 Å². The van der Waals surface area contributed by atoms with E-state index in [-0.39, 0.29) is 55.3 Å². The second kappa shape index (κ2) is 9.95. The topological polar surface area (TPSA) is 201 Å². The van der Waals surface area contributed by atoms with Crippen LogP contribution in [-0.2, 0) is 21.7 Å². The van der Waals surface area contributed by atoms with Gasteiger partial charge in [0.1, 0.15) is 0 Å². The van der Waals surface area contributed by atoms with E-state index in [0.717, 1.165) is 12.1 Å². The fourth-order valence-corrected chi connectivity index (χ4v) is 1.80. The molecule has 2 aromatic carbocycles. The summed E-state index contributed by atoms with van der Waals surface area (Å²) in [5.41, 5.74) is 10.4. The second-order valence-corrected chi connectivity index (χ2v) is 4.91. The van der Waals surface area contributed by atoms with Gasteiger partial charge in [-0.15, -0.1) is 0 Å². The van der Waals surface area contributed by atoms with Gasteiger partial charge >= 0.3 is 23.9 Å². The first kappa shape index (κ1) is 23.6. The van der Waals surface area contributed by atoms with Crippen molar-refractivity contribution >= 4 is 35.3 Å². The normalized spacial score (nSPS) is 9.19. The van der Waals surface area contributed by atoms with Crippen molar-refractivity contribution in [3.63, 3.8) is 0 Å². The Morgan fingerprint density at radius 1 is 0.519 bits per heavy atom. The molecule has 8 N–H and O–H groups in total. The Balaban J connectivity index is 0.000000483. The molecule has 0 saturated carbocycles. The largest absolute Gasteiger partial charge is 0.478 e. The van der Waals surface area contributed by atoms with Gasteiger partial charge in [0.05, 0.1) is 22.3 Å². The Hall–Kier alpha value is -3.37. The maximum Gasteiger partial charge on any atom is 0.335 e. The van der Waals surface area contributed by atoms with Crippen LogP contribution in [0.1, 0.15) is 41.4 Å². The molecule has 140 valence electrons. The van der Waals surface area contributed by atoms with Gasteiger partial charge in [0, 0.05) is 33.1 Å². The molecule has 0 bridgehead atoms. The molecule has 11 heteroatoms. The van der Waals surface area contributed by atoms with Crippen molar-refractivity contribution in [1.82, 2.24) is 0 Å². The molecule has 0 atom stereocenters. The van der Waals surface area contributed by atoms with Crippen molar-refractivity contribution in [2.75, 3.05) is 11.5 Å². The predicted octanol–water partition coefficient (Wildman–Crippen LogP) is 1.33. The van der Waals surface area contributed by atoms with Crippen LogP contribution < -0.4 is 11.5 Å². The van der Waals surface area contributed by atoms with Gasteiger partial charge < -0.3 is 31.9 Å². The molecule has 0 radical (unpaired) electrons. The number of anilines is 2. The zero-order valence-electron chi connectivity index (χ0n) is 13.5. The first-order valence-electron chi connectivity index (χ1n) is 6.75. The minimum atomic E-state index is -1.20. The molecule has 27 heavy (non-hydrogen) atoms. The fourth-order valence-electron chi connectivity index (χ4n) is 1.80. The van der Waals surface area contributed by atoms with E-state index in [2.05, 4.69) is 0 Å². The van der Waals surface area contributed by atoms with E-state index in [1.807, 2.05) is 0 Å². The average molecular weight is 410 g/mol. The molecular formula is C16H14N2O8Ti. The van der Waals surface area contributed by atoms with Gasteiger partial charge in [0.15, 0.2) is 0 Å². The molecule has 0 heterocycles. The number of aromatic carboxylic acids is 4. The Labute approximate surface area is 166 Å². The number of nitrogens with two attached hydrogens (primary N) is 2. The molecule has 0 aliphatic heterocycles. The summed E-state index contributed by atoms with van der Waals surface area (Å²) in [6.07, 6.45) is 0. The quantitative estimate of drug-likeness (QED) is 0.315. The summed E-state index contributed by atoms with van der Waals surface area (Å²) in [7, 11) is 0.